The Kier molecular flexibility index (Phi) is 4.72. The molecule has 0 saturated heterocycles. The molecule has 0 radical (unpaired) electrons. The van der Waals surface area contributed by atoms with Crippen LogP contribution < -0.4 is 0 Å². The number of alkyl halides is 3. The van der Waals surface area contributed by atoms with E-state index in [4.69, 9.17) is 0 Å². The third-order valence-corrected chi connectivity index (χ3v) is 2.83. The maximum absolute atomic E-state index is 12.6. The van der Waals surface area contributed by atoms with Crippen molar-refractivity contribution in [2.75, 3.05) is 14.1 Å². The average molecular weight is 302 g/mol. The summed E-state index contributed by atoms with van der Waals surface area (Å²) in [6.07, 6.45) is -3.57. The minimum atomic E-state index is -4.71. The van der Waals surface area contributed by atoms with Gasteiger partial charge < -0.3 is 4.90 Å². The van der Waals surface area contributed by atoms with Crippen molar-refractivity contribution in [2.45, 2.75) is 13.1 Å². The van der Waals surface area contributed by atoms with E-state index in [9.17, 15) is 28.1 Å². The number of rotatable bonds is 4. The summed E-state index contributed by atoms with van der Waals surface area (Å²) in [5.74, 6) is -0.721. The number of ketones is 1. The molecule has 114 valence electrons. The first-order valence-electron chi connectivity index (χ1n) is 5.79. The average Bonchev–Trinajstić information content (AvgIpc) is 2.36. The van der Waals surface area contributed by atoms with Crippen LogP contribution in [0.25, 0.3) is 0 Å². The molecule has 0 amide bonds. The Morgan fingerprint density at radius 2 is 1.90 bits per heavy atom. The minimum absolute atomic E-state index is 0.367. The summed E-state index contributed by atoms with van der Waals surface area (Å²) in [5.41, 5.74) is -1.89. The highest BCUT2D eigenvalue weighted by Crippen LogP contribution is 2.33. The molecule has 0 atom stereocenters. The Bertz CT molecular complexity index is 607. The van der Waals surface area contributed by atoms with Gasteiger partial charge in [-0.2, -0.15) is 13.2 Å². The summed E-state index contributed by atoms with van der Waals surface area (Å²) < 4.78 is 37.7. The lowest BCUT2D eigenvalue weighted by Crippen LogP contribution is -2.12. The van der Waals surface area contributed by atoms with Gasteiger partial charge in [0.2, 0.25) is 0 Å². The molecule has 1 aromatic rings. The van der Waals surface area contributed by atoms with Crippen LogP contribution in [-0.2, 0) is 6.18 Å². The van der Waals surface area contributed by atoms with Crippen molar-refractivity contribution in [1.29, 1.82) is 0 Å². The van der Waals surface area contributed by atoms with E-state index < -0.39 is 28.1 Å². The molecule has 0 aliphatic carbocycles. The molecule has 0 aliphatic rings. The smallest absolute Gasteiger partial charge is 0.381 e. The first kappa shape index (κ1) is 16.7. The number of nitro groups is 1. The molecule has 0 fully saturated rings. The van der Waals surface area contributed by atoms with Gasteiger partial charge in [0.1, 0.15) is 0 Å². The maximum Gasteiger partial charge on any atom is 0.416 e. The van der Waals surface area contributed by atoms with Gasteiger partial charge in [-0.05, 0) is 19.1 Å². The van der Waals surface area contributed by atoms with E-state index in [-0.39, 0.29) is 5.56 Å². The van der Waals surface area contributed by atoms with Crippen LogP contribution in [0.1, 0.15) is 22.8 Å². The first-order valence-corrected chi connectivity index (χ1v) is 5.79. The fraction of sp³-hybridized carbons (Fsp3) is 0.308. The highest BCUT2D eigenvalue weighted by Gasteiger charge is 2.33. The molecular formula is C13H13F3N2O3. The van der Waals surface area contributed by atoms with Crippen molar-refractivity contribution >= 4 is 11.5 Å². The van der Waals surface area contributed by atoms with E-state index in [0.29, 0.717) is 17.8 Å². The number of carbonyl (C=O) groups is 1. The topological polar surface area (TPSA) is 63.4 Å². The number of allylic oxidation sites excluding steroid dienone is 2. The predicted molar refractivity (Wildman–Crippen MR) is 69.9 cm³/mol. The number of hydrogen-bond acceptors (Lipinski definition) is 4. The molecule has 1 aromatic carbocycles. The maximum atomic E-state index is 12.6. The second kappa shape index (κ2) is 5.94. The van der Waals surface area contributed by atoms with Gasteiger partial charge in [0, 0.05) is 31.9 Å². The molecule has 0 bridgehead atoms. The predicted octanol–water partition coefficient (Wildman–Crippen LogP) is 3.26. The molecule has 0 N–H and O–H groups in total. The Morgan fingerprint density at radius 1 is 1.33 bits per heavy atom. The zero-order valence-corrected chi connectivity index (χ0v) is 11.6. The van der Waals surface area contributed by atoms with Gasteiger partial charge in [0.15, 0.2) is 5.78 Å². The second-order valence-corrected chi connectivity index (χ2v) is 4.53. The quantitative estimate of drug-likeness (QED) is 0.370. The molecule has 0 spiro atoms. The lowest BCUT2D eigenvalue weighted by Gasteiger charge is -2.12. The van der Waals surface area contributed by atoms with Crippen LogP contribution in [0, 0.1) is 10.1 Å². The van der Waals surface area contributed by atoms with Gasteiger partial charge in [0.25, 0.3) is 5.69 Å². The summed E-state index contributed by atoms with van der Waals surface area (Å²) >= 11 is 0. The van der Waals surface area contributed by atoms with Crippen molar-refractivity contribution in [3.05, 3.63) is 51.2 Å². The molecule has 21 heavy (non-hydrogen) atoms. The van der Waals surface area contributed by atoms with Crippen molar-refractivity contribution in [1.82, 2.24) is 4.90 Å². The molecule has 0 aliphatic heterocycles. The largest absolute Gasteiger partial charge is 0.416 e. The van der Waals surface area contributed by atoms with Crippen molar-refractivity contribution in [2.24, 2.45) is 0 Å². The zero-order valence-electron chi connectivity index (χ0n) is 11.6. The fourth-order valence-electron chi connectivity index (χ4n) is 1.46. The summed E-state index contributed by atoms with van der Waals surface area (Å²) in [5, 5.41) is 10.9. The first-order chi connectivity index (χ1) is 9.54. The van der Waals surface area contributed by atoms with Gasteiger partial charge in [-0.25, -0.2) is 0 Å². The summed E-state index contributed by atoms with van der Waals surface area (Å²) in [6, 6.07) is 1.84. The highest BCUT2D eigenvalue weighted by atomic mass is 19.4. The van der Waals surface area contributed by atoms with Crippen LogP contribution in [0.4, 0.5) is 18.9 Å². The van der Waals surface area contributed by atoms with Crippen LogP contribution >= 0.6 is 0 Å². The van der Waals surface area contributed by atoms with Crippen LogP contribution in [-0.4, -0.2) is 29.7 Å². The highest BCUT2D eigenvalue weighted by molar-refractivity contribution is 6.07. The molecule has 0 aromatic heterocycles. The standard InChI is InChI=1S/C13H13F3N2O3/c1-8(17(2)3)6-12(19)10-5-4-9(13(14,15)16)7-11(10)18(20)21/h4-7H,1-3H3/b8-6-. The Morgan fingerprint density at radius 3 is 2.33 bits per heavy atom. The van der Waals surface area contributed by atoms with E-state index in [1.807, 2.05) is 0 Å². The van der Waals surface area contributed by atoms with Crippen molar-refractivity contribution in [3.63, 3.8) is 0 Å². The molecule has 8 heteroatoms. The van der Waals surface area contributed by atoms with Crippen LogP contribution in [0.3, 0.4) is 0 Å². The minimum Gasteiger partial charge on any atom is -0.381 e. The second-order valence-electron chi connectivity index (χ2n) is 4.53. The SMILES string of the molecule is C/C(=C/C(=O)c1ccc(C(F)(F)F)cc1[N+](=O)[O-])N(C)C. The lowest BCUT2D eigenvalue weighted by atomic mass is 10.0. The summed E-state index contributed by atoms with van der Waals surface area (Å²) in [4.78, 5) is 23.4. The normalized spacial score (nSPS) is 12.2. The van der Waals surface area contributed by atoms with Crippen molar-refractivity contribution < 1.29 is 22.9 Å². The molecule has 0 heterocycles. The molecule has 1 rings (SSSR count). The third kappa shape index (κ3) is 4.04. The molecular weight excluding hydrogens is 289 g/mol. The number of halogens is 3. The van der Waals surface area contributed by atoms with E-state index in [1.165, 1.54) is 0 Å². The number of nitro benzene ring substituents is 1. The number of hydrogen-bond donors (Lipinski definition) is 0. The van der Waals surface area contributed by atoms with Crippen LogP contribution in [0.15, 0.2) is 30.0 Å². The van der Waals surface area contributed by atoms with E-state index in [1.54, 1.807) is 25.9 Å². The van der Waals surface area contributed by atoms with Crippen LogP contribution in [0.2, 0.25) is 0 Å². The summed E-state index contributed by atoms with van der Waals surface area (Å²) in [6.45, 7) is 1.60. The lowest BCUT2D eigenvalue weighted by molar-refractivity contribution is -0.385. The third-order valence-electron chi connectivity index (χ3n) is 2.83. The number of nitrogens with zero attached hydrogens (tertiary/aromatic N) is 2. The molecule has 0 unspecified atom stereocenters. The fourth-order valence-corrected chi connectivity index (χ4v) is 1.46. The van der Waals surface area contributed by atoms with E-state index in [0.717, 1.165) is 12.1 Å². The van der Waals surface area contributed by atoms with Gasteiger partial charge in [-0.15, -0.1) is 0 Å². The van der Waals surface area contributed by atoms with Gasteiger partial charge in [-0.1, -0.05) is 0 Å². The monoisotopic (exact) mass is 302 g/mol. The molecule has 5 nitrogen and oxygen atoms in total. The van der Waals surface area contributed by atoms with E-state index in [2.05, 4.69) is 0 Å². The Labute approximate surface area is 118 Å². The Balaban J connectivity index is 3.35. The van der Waals surface area contributed by atoms with E-state index >= 15 is 0 Å². The Hall–Kier alpha value is -2.38. The van der Waals surface area contributed by atoms with Gasteiger partial charge in [0.05, 0.1) is 16.1 Å². The van der Waals surface area contributed by atoms with Crippen LogP contribution in [0.5, 0.6) is 0 Å². The van der Waals surface area contributed by atoms with Gasteiger partial charge >= 0.3 is 6.18 Å². The van der Waals surface area contributed by atoms with Crippen molar-refractivity contribution in [3.8, 4) is 0 Å². The molecule has 0 saturated carbocycles. The zero-order chi connectivity index (χ0) is 16.4. The van der Waals surface area contributed by atoms with Gasteiger partial charge in [-0.3, -0.25) is 14.9 Å². The number of benzene rings is 1. The summed E-state index contributed by atoms with van der Waals surface area (Å²) in [7, 11) is 3.33. The number of carbonyl (C=O) groups excluding carboxylic acids is 1.